The number of ether oxygens (including phenoxy) is 3. The monoisotopic (exact) mass is 624 g/mol. The van der Waals surface area contributed by atoms with Gasteiger partial charge in [0.2, 0.25) is 0 Å². The molecule has 9 nitrogen and oxygen atoms in total. The maximum Gasteiger partial charge on any atom is 0.410 e. The van der Waals surface area contributed by atoms with Crippen LogP contribution in [0.4, 0.5) is 23.8 Å². The van der Waals surface area contributed by atoms with Crippen molar-refractivity contribution in [1.29, 1.82) is 0 Å². The minimum atomic E-state index is -1.03. The number of amides is 1. The standard InChI is InChI=1S/C33H35F3N4O5/c1-6-21-24(34)10-7-17-11-20(44-16-43-5)12-22(26(17)21)27-25(35)13-23-29(28(27)36)37-31(41)38-30(23)39-14-18-8-9-19(15-39)40(18)32(42)45-33(2,3)4/h7,10-13,18-19H,6,8-9,14-16H2,1-5H3,(H,37,38,41). The van der Waals surface area contributed by atoms with Gasteiger partial charge in [0.15, 0.2) is 12.6 Å². The molecule has 45 heavy (non-hydrogen) atoms. The zero-order chi connectivity index (χ0) is 32.2. The summed E-state index contributed by atoms with van der Waals surface area (Å²) in [6.45, 7) is 7.73. The van der Waals surface area contributed by atoms with E-state index >= 15 is 8.78 Å². The summed E-state index contributed by atoms with van der Waals surface area (Å²) in [6.07, 6.45) is 1.33. The van der Waals surface area contributed by atoms with E-state index in [-0.39, 0.29) is 53.3 Å². The summed E-state index contributed by atoms with van der Waals surface area (Å²) in [4.78, 5) is 24.7. The largest absolute Gasteiger partial charge is 0.479 e. The predicted molar refractivity (Wildman–Crippen MR) is 163 cm³/mol. The Morgan fingerprint density at radius 3 is 2.40 bits per heavy atom. The van der Waals surface area contributed by atoms with Crippen LogP contribution in [0.5, 0.6) is 11.8 Å². The van der Waals surface area contributed by atoms with E-state index in [4.69, 9.17) is 14.2 Å². The van der Waals surface area contributed by atoms with Crippen LogP contribution in [-0.4, -0.2) is 70.7 Å². The Morgan fingerprint density at radius 2 is 1.76 bits per heavy atom. The van der Waals surface area contributed by atoms with E-state index in [1.54, 1.807) is 17.9 Å². The van der Waals surface area contributed by atoms with Gasteiger partial charge in [0, 0.05) is 25.6 Å². The summed E-state index contributed by atoms with van der Waals surface area (Å²) in [5.41, 5.74) is -1.00. The Kier molecular flexibility index (Phi) is 7.88. The molecule has 2 saturated heterocycles. The van der Waals surface area contributed by atoms with Crippen molar-refractivity contribution in [3.05, 3.63) is 53.3 Å². The van der Waals surface area contributed by atoms with Crippen LogP contribution in [0.1, 0.15) is 46.1 Å². The number of rotatable bonds is 6. The lowest BCUT2D eigenvalue weighted by Crippen LogP contribution is -2.57. The Balaban J connectivity index is 1.47. The maximum atomic E-state index is 16.6. The number of carbonyl (C=O) groups excluding carboxylic acids is 1. The van der Waals surface area contributed by atoms with Crippen LogP contribution < -0.4 is 9.64 Å². The van der Waals surface area contributed by atoms with Crippen LogP contribution in [0, 0.1) is 17.5 Å². The molecule has 238 valence electrons. The smallest absolute Gasteiger partial charge is 0.410 e. The third-order valence-electron chi connectivity index (χ3n) is 8.35. The third kappa shape index (κ3) is 5.56. The molecule has 12 heteroatoms. The Morgan fingerprint density at radius 1 is 1.04 bits per heavy atom. The predicted octanol–water partition coefficient (Wildman–Crippen LogP) is 6.71. The molecule has 1 aromatic heterocycles. The summed E-state index contributed by atoms with van der Waals surface area (Å²) in [7, 11) is 1.45. The number of halogens is 3. The average Bonchev–Trinajstić information content (AvgIpc) is 3.25. The van der Waals surface area contributed by atoms with Crippen LogP contribution >= 0.6 is 0 Å². The lowest BCUT2D eigenvalue weighted by atomic mass is 9.91. The molecule has 0 aliphatic carbocycles. The van der Waals surface area contributed by atoms with E-state index in [9.17, 15) is 14.3 Å². The van der Waals surface area contributed by atoms with Gasteiger partial charge in [0.05, 0.1) is 17.6 Å². The second-order valence-corrected chi connectivity index (χ2v) is 12.5. The molecule has 2 fully saturated rings. The topological polar surface area (TPSA) is 97.3 Å². The lowest BCUT2D eigenvalue weighted by molar-refractivity contribution is 0.0122. The van der Waals surface area contributed by atoms with Crippen molar-refractivity contribution in [2.45, 2.75) is 64.6 Å². The summed E-state index contributed by atoms with van der Waals surface area (Å²) in [5, 5.41) is 11.5. The molecule has 6 rings (SSSR count). The molecular formula is C33H35F3N4O5. The van der Waals surface area contributed by atoms with Gasteiger partial charge in [-0.05, 0) is 86.2 Å². The summed E-state index contributed by atoms with van der Waals surface area (Å²) in [6, 6.07) is 5.99. The van der Waals surface area contributed by atoms with E-state index in [1.807, 2.05) is 25.7 Å². The highest BCUT2D eigenvalue weighted by molar-refractivity contribution is 6.03. The molecule has 2 unspecified atom stereocenters. The molecule has 3 aromatic carbocycles. The third-order valence-corrected chi connectivity index (χ3v) is 8.35. The summed E-state index contributed by atoms with van der Waals surface area (Å²) in [5.74, 6) is -2.01. The van der Waals surface area contributed by atoms with E-state index < -0.39 is 40.7 Å². The first-order chi connectivity index (χ1) is 21.4. The summed E-state index contributed by atoms with van der Waals surface area (Å²) < 4.78 is 64.1. The van der Waals surface area contributed by atoms with Crippen LogP contribution in [0.2, 0.25) is 0 Å². The van der Waals surface area contributed by atoms with Crippen LogP contribution in [0.3, 0.4) is 0 Å². The SMILES string of the molecule is CCc1c(F)ccc2cc(OCOC)cc(-c3c(F)cc4c(N5CC6CCC(C5)N6C(=O)OC(C)(C)C)nc(O)nc4c3F)c12. The molecule has 2 atom stereocenters. The number of carbonyl (C=O) groups is 1. The van der Waals surface area contributed by atoms with Crippen molar-refractivity contribution < 1.29 is 37.3 Å². The number of nitrogens with zero attached hydrogens (tertiary/aromatic N) is 4. The van der Waals surface area contributed by atoms with Crippen molar-refractivity contribution in [1.82, 2.24) is 14.9 Å². The fourth-order valence-electron chi connectivity index (χ4n) is 6.59. The molecule has 2 bridgehead atoms. The van der Waals surface area contributed by atoms with Gasteiger partial charge >= 0.3 is 12.1 Å². The van der Waals surface area contributed by atoms with Gasteiger partial charge in [0.25, 0.3) is 0 Å². The minimum Gasteiger partial charge on any atom is -0.479 e. The zero-order valence-corrected chi connectivity index (χ0v) is 25.8. The molecule has 2 aliphatic heterocycles. The second-order valence-electron chi connectivity index (χ2n) is 12.5. The number of piperazine rings is 1. The second kappa shape index (κ2) is 11.6. The number of benzene rings is 3. The van der Waals surface area contributed by atoms with Crippen molar-refractivity contribution in [2.24, 2.45) is 0 Å². The van der Waals surface area contributed by atoms with Gasteiger partial charge in [-0.1, -0.05) is 13.0 Å². The highest BCUT2D eigenvalue weighted by Crippen LogP contribution is 2.43. The van der Waals surface area contributed by atoms with E-state index in [2.05, 4.69) is 9.97 Å². The first-order valence-corrected chi connectivity index (χ1v) is 14.9. The molecule has 1 N–H and O–H groups in total. The highest BCUT2D eigenvalue weighted by atomic mass is 19.1. The summed E-state index contributed by atoms with van der Waals surface area (Å²) >= 11 is 0. The van der Waals surface area contributed by atoms with Gasteiger partial charge in [0.1, 0.15) is 34.3 Å². The maximum absolute atomic E-state index is 16.6. The van der Waals surface area contributed by atoms with Gasteiger partial charge < -0.3 is 24.2 Å². The molecule has 0 spiro atoms. The molecule has 0 saturated carbocycles. The molecular weight excluding hydrogens is 589 g/mol. The number of aromatic hydroxyl groups is 1. The van der Waals surface area contributed by atoms with Crippen molar-refractivity contribution in [3.63, 3.8) is 0 Å². The number of fused-ring (bicyclic) bond motifs is 4. The first kappa shape index (κ1) is 30.7. The minimum absolute atomic E-state index is 0.0645. The zero-order valence-electron chi connectivity index (χ0n) is 25.8. The van der Waals surface area contributed by atoms with E-state index in [1.165, 1.54) is 25.3 Å². The fourth-order valence-corrected chi connectivity index (χ4v) is 6.59. The Labute approximate surface area is 258 Å². The van der Waals surface area contributed by atoms with Gasteiger partial charge in [-0.3, -0.25) is 4.90 Å². The molecule has 0 radical (unpaired) electrons. The molecule has 2 aliphatic rings. The average molecular weight is 625 g/mol. The van der Waals surface area contributed by atoms with E-state index in [0.717, 1.165) is 18.9 Å². The lowest BCUT2D eigenvalue weighted by Gasteiger charge is -2.42. The van der Waals surface area contributed by atoms with Crippen LogP contribution in [0.25, 0.3) is 32.8 Å². The number of aromatic nitrogens is 2. The normalized spacial score (nSPS) is 18.2. The fraction of sp³-hybridized carbons (Fsp3) is 0.424. The number of methoxy groups -OCH3 is 1. The van der Waals surface area contributed by atoms with Crippen molar-refractivity contribution >= 4 is 33.6 Å². The highest BCUT2D eigenvalue weighted by Gasteiger charge is 2.45. The number of aryl methyl sites for hydroxylation is 1. The van der Waals surface area contributed by atoms with Crippen molar-refractivity contribution in [2.75, 3.05) is 31.9 Å². The van der Waals surface area contributed by atoms with Crippen LogP contribution in [0.15, 0.2) is 30.3 Å². The van der Waals surface area contributed by atoms with Crippen molar-refractivity contribution in [3.8, 4) is 22.9 Å². The Bertz CT molecular complexity index is 1800. The number of hydrogen-bond acceptors (Lipinski definition) is 8. The van der Waals surface area contributed by atoms with Gasteiger partial charge in [-0.15, -0.1) is 0 Å². The van der Waals surface area contributed by atoms with Crippen LogP contribution in [-0.2, 0) is 15.9 Å². The van der Waals surface area contributed by atoms with Gasteiger partial charge in [-0.2, -0.15) is 9.97 Å². The quantitative estimate of drug-likeness (QED) is 0.237. The first-order valence-electron chi connectivity index (χ1n) is 14.9. The van der Waals surface area contributed by atoms with E-state index in [0.29, 0.717) is 29.4 Å². The molecule has 4 aromatic rings. The number of hydrogen-bond donors (Lipinski definition) is 1. The molecule has 3 heterocycles. The molecule has 1 amide bonds. The Hall–Kier alpha value is -4.32. The van der Waals surface area contributed by atoms with Gasteiger partial charge in [-0.25, -0.2) is 18.0 Å². The number of anilines is 1.